The fourth-order valence-electron chi connectivity index (χ4n) is 2.75. The first-order chi connectivity index (χ1) is 8.16. The van der Waals surface area contributed by atoms with Crippen LogP contribution in [0.2, 0.25) is 0 Å². The van der Waals surface area contributed by atoms with Crippen LogP contribution in [0.4, 0.5) is 0 Å². The van der Waals surface area contributed by atoms with Gasteiger partial charge in [-0.1, -0.05) is 48.0 Å². The maximum Gasteiger partial charge on any atom is -0.00999 e. The maximum absolute atomic E-state index is 2.31. The highest BCUT2D eigenvalue weighted by Crippen LogP contribution is 2.30. The van der Waals surface area contributed by atoms with E-state index in [0.717, 1.165) is 0 Å². The summed E-state index contributed by atoms with van der Waals surface area (Å²) in [6, 6.07) is 15.5. The Labute approximate surface area is 102 Å². The summed E-state index contributed by atoms with van der Waals surface area (Å²) in [4.78, 5) is 0. The molecule has 3 rings (SSSR count). The second-order valence-electron chi connectivity index (χ2n) is 4.92. The predicted molar refractivity (Wildman–Crippen MR) is 75.7 cm³/mol. The topological polar surface area (TPSA) is 0 Å². The zero-order chi connectivity index (χ0) is 12.0. The Morgan fingerprint density at radius 2 is 1.24 bits per heavy atom. The Morgan fingerprint density at radius 1 is 0.588 bits per heavy atom. The van der Waals surface area contributed by atoms with E-state index in [0.29, 0.717) is 0 Å². The number of hydrogen-bond donors (Lipinski definition) is 0. The summed E-state index contributed by atoms with van der Waals surface area (Å²) in [6.45, 7) is 6.56. The van der Waals surface area contributed by atoms with Crippen LogP contribution in [-0.4, -0.2) is 0 Å². The van der Waals surface area contributed by atoms with Gasteiger partial charge in [-0.15, -0.1) is 0 Å². The minimum atomic E-state index is 1.34. The van der Waals surface area contributed by atoms with Gasteiger partial charge in [-0.05, 0) is 53.4 Å². The summed E-state index contributed by atoms with van der Waals surface area (Å²) in [6.07, 6.45) is 0. The van der Waals surface area contributed by atoms with Crippen molar-refractivity contribution in [2.75, 3.05) is 0 Å². The van der Waals surface area contributed by atoms with Crippen LogP contribution in [0.1, 0.15) is 16.7 Å². The Morgan fingerprint density at radius 3 is 2.00 bits per heavy atom. The lowest BCUT2D eigenvalue weighted by atomic mass is 9.94. The van der Waals surface area contributed by atoms with Crippen molar-refractivity contribution < 1.29 is 0 Å². The molecule has 0 saturated carbocycles. The minimum Gasteiger partial charge on any atom is -0.0616 e. The highest BCUT2D eigenvalue weighted by Gasteiger charge is 2.05. The highest BCUT2D eigenvalue weighted by atomic mass is 14.1. The molecule has 0 fully saturated rings. The third kappa shape index (κ3) is 1.52. The smallest absolute Gasteiger partial charge is 0.00999 e. The molecule has 0 atom stereocenters. The van der Waals surface area contributed by atoms with Gasteiger partial charge in [0.25, 0.3) is 0 Å². The molecule has 0 nitrogen and oxygen atoms in total. The Balaban J connectivity index is 2.63. The summed E-state index contributed by atoms with van der Waals surface area (Å²) < 4.78 is 0. The van der Waals surface area contributed by atoms with E-state index >= 15 is 0 Å². The number of benzene rings is 3. The number of fused-ring (bicyclic) bond motifs is 3. The van der Waals surface area contributed by atoms with E-state index in [-0.39, 0.29) is 0 Å². The van der Waals surface area contributed by atoms with Crippen LogP contribution in [0, 0.1) is 20.8 Å². The van der Waals surface area contributed by atoms with Gasteiger partial charge in [0.05, 0.1) is 0 Å². The van der Waals surface area contributed by atoms with Gasteiger partial charge in [0, 0.05) is 0 Å². The number of hydrogen-bond acceptors (Lipinski definition) is 0. The van der Waals surface area contributed by atoms with Crippen molar-refractivity contribution in [2.24, 2.45) is 0 Å². The minimum absolute atomic E-state index is 1.34. The molecule has 17 heavy (non-hydrogen) atoms. The molecule has 0 N–H and O–H groups in total. The predicted octanol–water partition coefficient (Wildman–Crippen LogP) is 4.92. The second-order valence-corrected chi connectivity index (χ2v) is 4.92. The van der Waals surface area contributed by atoms with Gasteiger partial charge in [0.1, 0.15) is 0 Å². The zero-order valence-electron chi connectivity index (χ0n) is 10.5. The summed E-state index contributed by atoms with van der Waals surface area (Å²) in [7, 11) is 0. The monoisotopic (exact) mass is 220 g/mol. The van der Waals surface area contributed by atoms with Crippen molar-refractivity contribution in [1.29, 1.82) is 0 Å². The van der Waals surface area contributed by atoms with Crippen molar-refractivity contribution >= 4 is 21.5 Å². The molecular weight excluding hydrogens is 204 g/mol. The van der Waals surface area contributed by atoms with Crippen LogP contribution in [0.15, 0.2) is 42.5 Å². The van der Waals surface area contributed by atoms with Gasteiger partial charge in [0.15, 0.2) is 0 Å². The van der Waals surface area contributed by atoms with E-state index in [4.69, 9.17) is 0 Å². The van der Waals surface area contributed by atoms with Crippen molar-refractivity contribution in [3.05, 3.63) is 59.2 Å². The summed E-state index contributed by atoms with van der Waals surface area (Å²) in [5.41, 5.74) is 4.07. The summed E-state index contributed by atoms with van der Waals surface area (Å²) >= 11 is 0. The third-order valence-electron chi connectivity index (χ3n) is 3.53. The Bertz CT molecular complexity index is 721. The first-order valence-corrected chi connectivity index (χ1v) is 6.06. The van der Waals surface area contributed by atoms with Gasteiger partial charge >= 0.3 is 0 Å². The van der Waals surface area contributed by atoms with E-state index < -0.39 is 0 Å². The average molecular weight is 220 g/mol. The van der Waals surface area contributed by atoms with Gasteiger partial charge in [0.2, 0.25) is 0 Å². The molecule has 0 unspecified atom stereocenters. The average Bonchev–Trinajstić information content (AvgIpc) is 2.31. The van der Waals surface area contributed by atoms with Crippen molar-refractivity contribution in [3.63, 3.8) is 0 Å². The van der Waals surface area contributed by atoms with E-state index in [9.17, 15) is 0 Å². The highest BCUT2D eigenvalue weighted by molar-refractivity contribution is 6.10. The normalized spacial score (nSPS) is 11.2. The van der Waals surface area contributed by atoms with Gasteiger partial charge in [-0.3, -0.25) is 0 Å². The van der Waals surface area contributed by atoms with Crippen molar-refractivity contribution in [3.8, 4) is 0 Å². The summed E-state index contributed by atoms with van der Waals surface area (Å²) in [5.74, 6) is 0. The largest absolute Gasteiger partial charge is 0.0616 e. The van der Waals surface area contributed by atoms with Crippen LogP contribution in [0.25, 0.3) is 21.5 Å². The quantitative estimate of drug-likeness (QED) is 0.472. The SMILES string of the molecule is Cc1cc(C)c2cc(C)c3ccccc3c2c1. The van der Waals surface area contributed by atoms with Crippen LogP contribution in [-0.2, 0) is 0 Å². The molecule has 0 heterocycles. The molecule has 0 saturated heterocycles. The molecule has 3 aromatic rings. The van der Waals surface area contributed by atoms with E-state index in [2.05, 4.69) is 63.2 Å². The molecular formula is C17H16. The van der Waals surface area contributed by atoms with Crippen LogP contribution in [0.5, 0.6) is 0 Å². The molecule has 3 aromatic carbocycles. The Hall–Kier alpha value is -1.82. The number of aryl methyl sites for hydroxylation is 3. The van der Waals surface area contributed by atoms with Crippen LogP contribution >= 0.6 is 0 Å². The zero-order valence-corrected chi connectivity index (χ0v) is 10.5. The molecule has 0 bridgehead atoms. The van der Waals surface area contributed by atoms with Crippen LogP contribution < -0.4 is 0 Å². The molecule has 0 spiro atoms. The van der Waals surface area contributed by atoms with E-state index in [1.54, 1.807) is 0 Å². The molecule has 0 aromatic heterocycles. The van der Waals surface area contributed by atoms with Crippen molar-refractivity contribution in [2.45, 2.75) is 20.8 Å². The first kappa shape index (κ1) is 10.3. The fraction of sp³-hybridized carbons (Fsp3) is 0.176. The molecule has 0 amide bonds. The fourth-order valence-corrected chi connectivity index (χ4v) is 2.75. The second kappa shape index (κ2) is 3.59. The van der Waals surface area contributed by atoms with E-state index in [1.807, 2.05) is 0 Å². The van der Waals surface area contributed by atoms with Gasteiger partial charge < -0.3 is 0 Å². The Kier molecular flexibility index (Phi) is 2.19. The molecule has 84 valence electrons. The molecule has 0 radical (unpaired) electrons. The summed E-state index contributed by atoms with van der Waals surface area (Å²) in [5, 5.41) is 5.50. The molecule has 0 aliphatic heterocycles. The first-order valence-electron chi connectivity index (χ1n) is 6.06. The van der Waals surface area contributed by atoms with Gasteiger partial charge in [-0.25, -0.2) is 0 Å². The third-order valence-corrected chi connectivity index (χ3v) is 3.53. The van der Waals surface area contributed by atoms with Crippen LogP contribution in [0.3, 0.4) is 0 Å². The van der Waals surface area contributed by atoms with Crippen molar-refractivity contribution in [1.82, 2.24) is 0 Å². The lowest BCUT2D eigenvalue weighted by Crippen LogP contribution is -1.86. The van der Waals surface area contributed by atoms with E-state index in [1.165, 1.54) is 38.2 Å². The standard InChI is InChI=1S/C17H16/c1-11-8-12(2)16-10-13(3)14-6-4-5-7-15(14)17(16)9-11/h4-10H,1-3H3. The lowest BCUT2D eigenvalue weighted by molar-refractivity contribution is 1.42. The number of rotatable bonds is 0. The molecule has 0 aliphatic rings. The lowest BCUT2D eigenvalue weighted by Gasteiger charge is -2.10. The molecule has 0 heteroatoms. The maximum atomic E-state index is 2.31. The molecule has 0 aliphatic carbocycles. The van der Waals surface area contributed by atoms with Gasteiger partial charge in [-0.2, -0.15) is 0 Å².